The van der Waals surface area contributed by atoms with Gasteiger partial charge in [-0.05, 0) is 47.2 Å². The van der Waals surface area contributed by atoms with Gasteiger partial charge in [0, 0.05) is 10.8 Å². The first-order valence-electron chi connectivity index (χ1n) is 6.54. The summed E-state index contributed by atoms with van der Waals surface area (Å²) in [6.45, 7) is 4.24. The van der Waals surface area contributed by atoms with Crippen LogP contribution in [0.5, 0.6) is 0 Å². The maximum Gasteiger partial charge on any atom is 0.141 e. The monoisotopic (exact) mass is 246 g/mol. The Morgan fingerprint density at radius 2 is 1.32 bits per heavy atom. The lowest BCUT2D eigenvalue weighted by molar-refractivity contribution is 0.616. The third-order valence-corrected chi connectivity index (χ3v) is 4.01. The van der Waals surface area contributed by atoms with Crippen molar-refractivity contribution in [1.82, 2.24) is 0 Å². The zero-order chi connectivity index (χ0) is 13.0. The largest absolute Gasteiger partial charge is 0.463 e. The fourth-order valence-electron chi connectivity index (χ4n) is 2.95. The molecule has 0 fully saturated rings. The highest BCUT2D eigenvalue weighted by Crippen LogP contribution is 2.33. The number of fused-ring (bicyclic) bond motifs is 5. The van der Waals surface area contributed by atoms with Crippen LogP contribution >= 0.6 is 0 Å². The van der Waals surface area contributed by atoms with Crippen molar-refractivity contribution in [1.29, 1.82) is 0 Å². The van der Waals surface area contributed by atoms with Gasteiger partial charge in [-0.15, -0.1) is 0 Å². The van der Waals surface area contributed by atoms with Gasteiger partial charge in [0.05, 0.1) is 6.26 Å². The van der Waals surface area contributed by atoms with Crippen LogP contribution in [0.25, 0.3) is 32.5 Å². The van der Waals surface area contributed by atoms with Gasteiger partial charge in [0.15, 0.2) is 0 Å². The van der Waals surface area contributed by atoms with Crippen molar-refractivity contribution in [2.24, 2.45) is 0 Å². The van der Waals surface area contributed by atoms with E-state index in [0.29, 0.717) is 0 Å². The van der Waals surface area contributed by atoms with E-state index in [2.05, 4.69) is 56.3 Å². The van der Waals surface area contributed by atoms with Gasteiger partial charge in [0.25, 0.3) is 0 Å². The topological polar surface area (TPSA) is 13.1 Å². The summed E-state index contributed by atoms with van der Waals surface area (Å²) in [4.78, 5) is 0. The molecule has 3 aromatic carbocycles. The summed E-state index contributed by atoms with van der Waals surface area (Å²) in [5.41, 5.74) is 3.51. The van der Waals surface area contributed by atoms with E-state index < -0.39 is 0 Å². The molecule has 0 unspecified atom stereocenters. The summed E-state index contributed by atoms with van der Waals surface area (Å²) in [6.07, 6.45) is 1.84. The third-order valence-electron chi connectivity index (χ3n) is 4.01. The molecule has 0 amide bonds. The lowest BCUT2D eigenvalue weighted by Gasteiger charge is -2.06. The Morgan fingerprint density at radius 1 is 0.632 bits per heavy atom. The molecule has 1 nitrogen and oxygen atoms in total. The van der Waals surface area contributed by atoms with E-state index >= 15 is 0 Å². The van der Waals surface area contributed by atoms with E-state index in [4.69, 9.17) is 4.42 Å². The summed E-state index contributed by atoms with van der Waals surface area (Å²) in [5, 5.41) is 6.29. The molecule has 0 saturated heterocycles. The van der Waals surface area contributed by atoms with E-state index in [-0.39, 0.29) is 0 Å². The summed E-state index contributed by atoms with van der Waals surface area (Å²) >= 11 is 0. The Morgan fingerprint density at radius 3 is 2.21 bits per heavy atom. The third kappa shape index (κ3) is 1.36. The first kappa shape index (κ1) is 10.6. The second-order valence-corrected chi connectivity index (χ2v) is 5.19. The van der Waals surface area contributed by atoms with Crippen LogP contribution in [0, 0.1) is 13.8 Å². The smallest absolute Gasteiger partial charge is 0.141 e. The summed E-state index contributed by atoms with van der Waals surface area (Å²) in [5.74, 6) is 0. The minimum atomic E-state index is 0.999. The fraction of sp³-hybridized carbons (Fsp3) is 0.111. The molecule has 92 valence electrons. The molecule has 1 heterocycles. The van der Waals surface area contributed by atoms with Crippen LogP contribution in [0.1, 0.15) is 11.1 Å². The van der Waals surface area contributed by atoms with E-state index in [1.165, 1.54) is 38.1 Å². The first-order chi connectivity index (χ1) is 9.25. The minimum Gasteiger partial charge on any atom is -0.463 e. The summed E-state index contributed by atoms with van der Waals surface area (Å²) < 4.78 is 5.74. The molecule has 0 bridgehead atoms. The number of aryl methyl sites for hydroxylation is 2. The van der Waals surface area contributed by atoms with E-state index in [9.17, 15) is 0 Å². The van der Waals surface area contributed by atoms with Gasteiger partial charge < -0.3 is 4.42 Å². The Balaban J connectivity index is 2.29. The molecule has 4 rings (SSSR count). The number of hydrogen-bond acceptors (Lipinski definition) is 1. The molecule has 0 aliphatic rings. The summed E-state index contributed by atoms with van der Waals surface area (Å²) in [7, 11) is 0. The first-order valence-corrected chi connectivity index (χ1v) is 6.54. The van der Waals surface area contributed by atoms with Crippen LogP contribution in [0.4, 0.5) is 0 Å². The van der Waals surface area contributed by atoms with Gasteiger partial charge in [0.1, 0.15) is 5.58 Å². The minimum absolute atomic E-state index is 0.999. The number of furan rings is 1. The van der Waals surface area contributed by atoms with E-state index in [1.807, 2.05) is 6.26 Å². The highest BCUT2D eigenvalue weighted by atomic mass is 16.3. The van der Waals surface area contributed by atoms with Gasteiger partial charge in [-0.1, -0.05) is 36.4 Å². The van der Waals surface area contributed by atoms with E-state index in [1.54, 1.807) is 0 Å². The molecule has 0 N–H and O–H groups in total. The van der Waals surface area contributed by atoms with Crippen LogP contribution in [0.2, 0.25) is 0 Å². The molecule has 0 radical (unpaired) electrons. The molecule has 0 saturated carbocycles. The lowest BCUT2D eigenvalue weighted by Crippen LogP contribution is -1.81. The average molecular weight is 246 g/mol. The predicted molar refractivity (Wildman–Crippen MR) is 80.7 cm³/mol. The molecule has 19 heavy (non-hydrogen) atoms. The van der Waals surface area contributed by atoms with Crippen molar-refractivity contribution in [3.63, 3.8) is 0 Å². The average Bonchev–Trinajstić information content (AvgIpc) is 2.81. The van der Waals surface area contributed by atoms with Gasteiger partial charge in [0.2, 0.25) is 0 Å². The van der Waals surface area contributed by atoms with Gasteiger partial charge in [-0.25, -0.2) is 0 Å². The maximum atomic E-state index is 5.74. The molecule has 1 heteroatoms. The zero-order valence-corrected chi connectivity index (χ0v) is 11.0. The lowest BCUT2D eigenvalue weighted by atomic mass is 9.97. The van der Waals surface area contributed by atoms with Gasteiger partial charge in [-0.2, -0.15) is 0 Å². The molecule has 0 atom stereocenters. The Kier molecular flexibility index (Phi) is 2.02. The van der Waals surface area contributed by atoms with Crippen molar-refractivity contribution >= 4 is 32.5 Å². The van der Waals surface area contributed by atoms with Crippen molar-refractivity contribution < 1.29 is 4.42 Å². The number of rotatable bonds is 0. The van der Waals surface area contributed by atoms with Crippen molar-refractivity contribution in [2.45, 2.75) is 13.8 Å². The molecule has 0 spiro atoms. The van der Waals surface area contributed by atoms with Crippen LogP contribution in [0.15, 0.2) is 53.1 Å². The zero-order valence-electron chi connectivity index (χ0n) is 11.0. The molecule has 0 aliphatic heterocycles. The van der Waals surface area contributed by atoms with Crippen LogP contribution in [-0.2, 0) is 0 Å². The Bertz CT molecular complexity index is 929. The van der Waals surface area contributed by atoms with Gasteiger partial charge >= 0.3 is 0 Å². The Hall–Kier alpha value is -2.28. The predicted octanol–water partition coefficient (Wildman–Crippen LogP) is 5.36. The quantitative estimate of drug-likeness (QED) is 0.381. The summed E-state index contributed by atoms with van der Waals surface area (Å²) in [6, 6.07) is 15.2. The highest BCUT2D eigenvalue weighted by Gasteiger charge is 2.09. The maximum absolute atomic E-state index is 5.74. The van der Waals surface area contributed by atoms with Crippen LogP contribution < -0.4 is 0 Å². The molecule has 1 aromatic heterocycles. The molecular weight excluding hydrogens is 232 g/mol. The number of hydrogen-bond donors (Lipinski definition) is 0. The van der Waals surface area contributed by atoms with E-state index in [0.717, 1.165) is 5.58 Å². The Labute approximate surface area is 111 Å². The van der Waals surface area contributed by atoms with Crippen molar-refractivity contribution in [3.05, 3.63) is 59.9 Å². The van der Waals surface area contributed by atoms with Crippen LogP contribution in [0.3, 0.4) is 0 Å². The van der Waals surface area contributed by atoms with Crippen molar-refractivity contribution in [3.8, 4) is 0 Å². The molecule has 4 aromatic rings. The normalized spacial score (nSPS) is 11.7. The fourth-order valence-corrected chi connectivity index (χ4v) is 2.95. The number of benzene rings is 3. The highest BCUT2D eigenvalue weighted by molar-refractivity contribution is 6.16. The standard InChI is InChI=1S/C18H14O/c1-11-4-3-5-15-13(11)6-9-17-16(15)8-7-14-12(2)10-19-18(14)17/h3-10H,1-2H3. The van der Waals surface area contributed by atoms with Crippen molar-refractivity contribution in [2.75, 3.05) is 0 Å². The second-order valence-electron chi connectivity index (χ2n) is 5.19. The van der Waals surface area contributed by atoms with Gasteiger partial charge in [-0.3, -0.25) is 0 Å². The van der Waals surface area contributed by atoms with Crippen LogP contribution in [-0.4, -0.2) is 0 Å². The SMILES string of the molecule is Cc1cccc2c1ccc1c2ccc2c(C)coc21. The molecular formula is C18H14O. The second kappa shape index (κ2) is 3.61. The molecule has 0 aliphatic carbocycles.